The first-order valence-electron chi connectivity index (χ1n) is 9.40. The van der Waals surface area contributed by atoms with E-state index in [9.17, 15) is 4.79 Å². The molecule has 2 fully saturated rings. The highest BCUT2D eigenvalue weighted by molar-refractivity contribution is 5.91. The Labute approximate surface area is 148 Å². The molecule has 2 bridgehead atoms. The first-order valence-corrected chi connectivity index (χ1v) is 9.40. The Morgan fingerprint density at radius 1 is 1.36 bits per heavy atom. The molecule has 0 unspecified atom stereocenters. The summed E-state index contributed by atoms with van der Waals surface area (Å²) in [7, 11) is 0. The Hall–Kier alpha value is -2.04. The van der Waals surface area contributed by atoms with Gasteiger partial charge in [0.1, 0.15) is 5.76 Å². The second-order valence-electron chi connectivity index (χ2n) is 7.95. The van der Waals surface area contributed by atoms with Gasteiger partial charge in [-0.05, 0) is 76.0 Å². The lowest BCUT2D eigenvalue weighted by atomic mass is 9.84. The maximum Gasteiger partial charge on any atom is 0.287 e. The van der Waals surface area contributed by atoms with Crippen molar-refractivity contribution >= 4 is 5.91 Å². The molecule has 0 radical (unpaired) electrons. The maximum atomic E-state index is 12.5. The molecule has 2 heterocycles. The van der Waals surface area contributed by atoms with Crippen LogP contribution in [0.15, 0.2) is 22.6 Å². The predicted molar refractivity (Wildman–Crippen MR) is 95.4 cm³/mol. The van der Waals surface area contributed by atoms with Gasteiger partial charge in [-0.15, -0.1) is 0 Å². The molecule has 5 heteroatoms. The number of aromatic nitrogens is 2. The van der Waals surface area contributed by atoms with Crippen molar-refractivity contribution in [1.29, 1.82) is 0 Å². The minimum Gasteiger partial charge on any atom is -0.454 e. The zero-order chi connectivity index (χ0) is 17.6. The third-order valence-electron chi connectivity index (χ3n) is 6.09. The number of carbonyl (C=O) groups is 1. The number of aryl methyl sites for hydroxylation is 2. The zero-order valence-corrected chi connectivity index (χ0v) is 15.3. The van der Waals surface area contributed by atoms with E-state index in [1.807, 2.05) is 30.7 Å². The fourth-order valence-electron chi connectivity index (χ4n) is 4.86. The number of nitrogens with zero attached hydrogens (tertiary/aromatic N) is 2. The standard InChI is InChI=1S/C20H27N3O2/c1-12-8-13(2)23(22-12)11-17-6-7-19(25-17)20(24)21-14(3)18-10-15-4-5-16(18)9-15/h6-8,14-16,18H,4-5,9-11H2,1-3H3,(H,21,24)/t14-,15+,16+,18+/m1/s1. The first kappa shape index (κ1) is 16.4. The molecule has 2 aliphatic carbocycles. The summed E-state index contributed by atoms with van der Waals surface area (Å²) in [5.74, 6) is 3.38. The number of furan rings is 1. The van der Waals surface area contributed by atoms with E-state index < -0.39 is 0 Å². The van der Waals surface area contributed by atoms with Gasteiger partial charge < -0.3 is 9.73 Å². The number of amides is 1. The van der Waals surface area contributed by atoms with Crippen LogP contribution in [0.3, 0.4) is 0 Å². The Bertz CT molecular complexity index is 776. The summed E-state index contributed by atoms with van der Waals surface area (Å²) in [6, 6.07) is 5.89. The highest BCUT2D eigenvalue weighted by Crippen LogP contribution is 2.49. The van der Waals surface area contributed by atoms with E-state index in [4.69, 9.17) is 4.42 Å². The molecule has 4 rings (SSSR count). The topological polar surface area (TPSA) is 60.1 Å². The molecule has 25 heavy (non-hydrogen) atoms. The predicted octanol–water partition coefficient (Wildman–Crippen LogP) is 3.70. The lowest BCUT2D eigenvalue weighted by Crippen LogP contribution is -2.40. The van der Waals surface area contributed by atoms with Gasteiger partial charge in [-0.25, -0.2) is 0 Å². The van der Waals surface area contributed by atoms with Crippen LogP contribution in [-0.2, 0) is 6.54 Å². The van der Waals surface area contributed by atoms with Crippen LogP contribution in [0.5, 0.6) is 0 Å². The van der Waals surface area contributed by atoms with Gasteiger partial charge in [0.2, 0.25) is 0 Å². The zero-order valence-electron chi connectivity index (χ0n) is 15.3. The van der Waals surface area contributed by atoms with Crippen LogP contribution in [0, 0.1) is 31.6 Å². The van der Waals surface area contributed by atoms with E-state index in [0.717, 1.165) is 29.0 Å². The van der Waals surface area contributed by atoms with Crippen molar-refractivity contribution in [2.45, 2.75) is 59.0 Å². The van der Waals surface area contributed by atoms with Gasteiger partial charge in [-0.1, -0.05) is 6.42 Å². The van der Waals surface area contributed by atoms with E-state index >= 15 is 0 Å². The average molecular weight is 341 g/mol. The number of nitrogens with one attached hydrogen (secondary N) is 1. The van der Waals surface area contributed by atoms with Crippen LogP contribution < -0.4 is 5.32 Å². The Balaban J connectivity index is 1.38. The molecule has 134 valence electrons. The van der Waals surface area contributed by atoms with Gasteiger partial charge >= 0.3 is 0 Å². The number of hydrogen-bond acceptors (Lipinski definition) is 3. The van der Waals surface area contributed by atoms with E-state index in [2.05, 4.69) is 17.3 Å². The second-order valence-corrected chi connectivity index (χ2v) is 7.95. The summed E-state index contributed by atoms with van der Waals surface area (Å²) in [5, 5.41) is 7.60. The van der Waals surface area contributed by atoms with Crippen LogP contribution in [-0.4, -0.2) is 21.7 Å². The van der Waals surface area contributed by atoms with Crippen molar-refractivity contribution in [3.8, 4) is 0 Å². The molecule has 4 atom stereocenters. The summed E-state index contributed by atoms with van der Waals surface area (Å²) in [5.41, 5.74) is 2.08. The lowest BCUT2D eigenvalue weighted by Gasteiger charge is -2.28. The summed E-state index contributed by atoms with van der Waals surface area (Å²) in [4.78, 5) is 12.5. The van der Waals surface area contributed by atoms with Crippen LogP contribution >= 0.6 is 0 Å². The Kier molecular flexibility index (Phi) is 4.18. The smallest absolute Gasteiger partial charge is 0.287 e. The SMILES string of the molecule is Cc1cc(C)n(Cc2ccc(C(=O)N[C@H](C)[C@@H]3C[C@H]4CC[C@H]3C4)o2)n1. The fraction of sp³-hybridized carbons (Fsp3) is 0.600. The molecule has 2 aromatic heterocycles. The third kappa shape index (κ3) is 3.24. The van der Waals surface area contributed by atoms with Gasteiger partial charge in [0.05, 0.1) is 12.2 Å². The summed E-state index contributed by atoms with van der Waals surface area (Å²) in [6.45, 7) is 6.69. The molecule has 1 amide bonds. The highest BCUT2D eigenvalue weighted by Gasteiger charge is 2.42. The molecule has 0 aromatic carbocycles. The van der Waals surface area contributed by atoms with Crippen LogP contribution in [0.25, 0.3) is 0 Å². The first-order chi connectivity index (χ1) is 12.0. The molecule has 0 aliphatic heterocycles. The number of hydrogen-bond donors (Lipinski definition) is 1. The normalized spacial score (nSPS) is 26.1. The molecule has 5 nitrogen and oxygen atoms in total. The molecule has 2 aromatic rings. The maximum absolute atomic E-state index is 12.5. The summed E-state index contributed by atoms with van der Waals surface area (Å²) in [6.07, 6.45) is 5.35. The molecule has 2 saturated carbocycles. The molecular weight excluding hydrogens is 314 g/mol. The summed E-state index contributed by atoms with van der Waals surface area (Å²) >= 11 is 0. The second kappa shape index (κ2) is 6.36. The van der Waals surface area contributed by atoms with Gasteiger partial charge in [-0.2, -0.15) is 5.10 Å². The summed E-state index contributed by atoms with van der Waals surface area (Å²) < 4.78 is 7.66. The van der Waals surface area contributed by atoms with Crippen LogP contribution in [0.2, 0.25) is 0 Å². The number of rotatable bonds is 5. The molecule has 0 spiro atoms. The van der Waals surface area contributed by atoms with E-state index in [-0.39, 0.29) is 11.9 Å². The number of fused-ring (bicyclic) bond motifs is 2. The van der Waals surface area contributed by atoms with Gasteiger partial charge in [0.25, 0.3) is 5.91 Å². The van der Waals surface area contributed by atoms with Gasteiger partial charge in [-0.3, -0.25) is 9.48 Å². The van der Waals surface area contributed by atoms with Gasteiger partial charge in [0.15, 0.2) is 5.76 Å². The quantitative estimate of drug-likeness (QED) is 0.902. The van der Waals surface area contributed by atoms with Crippen molar-refractivity contribution in [2.75, 3.05) is 0 Å². The molecule has 1 N–H and O–H groups in total. The molecule has 0 saturated heterocycles. The highest BCUT2D eigenvalue weighted by atomic mass is 16.4. The molecule has 2 aliphatic rings. The van der Waals surface area contributed by atoms with E-state index in [1.54, 1.807) is 6.07 Å². The Morgan fingerprint density at radius 3 is 2.84 bits per heavy atom. The van der Waals surface area contributed by atoms with Crippen molar-refractivity contribution in [2.24, 2.45) is 17.8 Å². The van der Waals surface area contributed by atoms with Crippen molar-refractivity contribution in [3.63, 3.8) is 0 Å². The minimum absolute atomic E-state index is 0.102. The van der Waals surface area contributed by atoms with Crippen LogP contribution in [0.4, 0.5) is 0 Å². The van der Waals surface area contributed by atoms with E-state index in [0.29, 0.717) is 18.2 Å². The van der Waals surface area contributed by atoms with Crippen molar-refractivity contribution in [1.82, 2.24) is 15.1 Å². The third-order valence-corrected chi connectivity index (χ3v) is 6.09. The number of carbonyl (C=O) groups excluding carboxylic acids is 1. The van der Waals surface area contributed by atoms with Crippen LogP contribution in [0.1, 0.15) is 60.3 Å². The Morgan fingerprint density at radius 2 is 2.20 bits per heavy atom. The fourth-order valence-corrected chi connectivity index (χ4v) is 4.86. The molecular formula is C20H27N3O2. The average Bonchev–Trinajstić information content (AvgIpc) is 3.33. The van der Waals surface area contributed by atoms with E-state index in [1.165, 1.54) is 25.7 Å². The largest absolute Gasteiger partial charge is 0.454 e. The lowest BCUT2D eigenvalue weighted by molar-refractivity contribution is 0.0885. The van der Waals surface area contributed by atoms with Crippen molar-refractivity contribution in [3.05, 3.63) is 41.1 Å². The van der Waals surface area contributed by atoms with Gasteiger partial charge in [0, 0.05) is 11.7 Å². The minimum atomic E-state index is -0.102. The monoisotopic (exact) mass is 341 g/mol. The van der Waals surface area contributed by atoms with Crippen molar-refractivity contribution < 1.29 is 9.21 Å².